The van der Waals surface area contributed by atoms with Gasteiger partial charge in [-0.3, -0.25) is 0 Å². The monoisotopic (exact) mass is 243 g/mol. The maximum Gasteiger partial charge on any atom is 0.122 e. The normalized spacial score (nSPS) is 19.3. The Labute approximate surface area is 107 Å². The van der Waals surface area contributed by atoms with Crippen molar-refractivity contribution in [1.29, 1.82) is 0 Å². The number of fused-ring (bicyclic) bond motifs is 1. The van der Waals surface area contributed by atoms with E-state index in [0.29, 0.717) is 5.92 Å². The van der Waals surface area contributed by atoms with Crippen LogP contribution in [0, 0.1) is 0 Å². The molecule has 1 aliphatic rings. The number of aliphatic hydroxyl groups is 1. The zero-order valence-electron chi connectivity index (χ0n) is 10.4. The first-order valence-corrected chi connectivity index (χ1v) is 6.30. The number of para-hydroxylation sites is 1. The highest BCUT2D eigenvalue weighted by atomic mass is 16.5. The van der Waals surface area contributed by atoms with E-state index in [1.165, 1.54) is 5.56 Å². The summed E-state index contributed by atoms with van der Waals surface area (Å²) in [7, 11) is 0. The molecule has 0 bridgehead atoms. The predicted molar refractivity (Wildman–Crippen MR) is 69.7 cm³/mol. The lowest BCUT2D eigenvalue weighted by atomic mass is 10.0. The summed E-state index contributed by atoms with van der Waals surface area (Å²) in [5.74, 6) is 1.36. The van der Waals surface area contributed by atoms with Gasteiger partial charge in [-0.2, -0.15) is 0 Å². The highest BCUT2D eigenvalue weighted by Crippen LogP contribution is 2.34. The molecule has 0 amide bonds. The highest BCUT2D eigenvalue weighted by molar-refractivity contribution is 5.39. The van der Waals surface area contributed by atoms with Crippen LogP contribution in [0.4, 0.5) is 0 Å². The number of hydrogen-bond acceptors (Lipinski definition) is 2. The number of aromatic nitrogens is 1. The summed E-state index contributed by atoms with van der Waals surface area (Å²) in [5.41, 5.74) is 2.22. The number of benzene rings is 1. The first kappa shape index (κ1) is 11.4. The van der Waals surface area contributed by atoms with Gasteiger partial charge in [0.25, 0.3) is 0 Å². The third-order valence-corrected chi connectivity index (χ3v) is 3.51. The van der Waals surface area contributed by atoms with Crippen LogP contribution < -0.4 is 4.74 Å². The summed E-state index contributed by atoms with van der Waals surface area (Å²) in [4.78, 5) is 0. The van der Waals surface area contributed by atoms with Gasteiger partial charge in [0.05, 0.1) is 12.7 Å². The van der Waals surface area contributed by atoms with Crippen molar-refractivity contribution in [1.82, 2.24) is 4.57 Å². The summed E-state index contributed by atoms with van der Waals surface area (Å²) in [6.45, 7) is 3.37. The standard InChI is InChI=1S/C15H17NO2/c1-11(17)14-6-4-8-16(14)9-12-10-18-15-7-3-2-5-13(12)15/h2-8,11-12,17H,9-10H2,1H3. The molecule has 0 saturated heterocycles. The Morgan fingerprint density at radius 3 is 3.00 bits per heavy atom. The molecule has 2 atom stereocenters. The van der Waals surface area contributed by atoms with Crippen molar-refractivity contribution in [2.75, 3.05) is 6.61 Å². The summed E-state index contributed by atoms with van der Waals surface area (Å²) in [6.07, 6.45) is 1.58. The molecule has 0 radical (unpaired) electrons. The van der Waals surface area contributed by atoms with Crippen molar-refractivity contribution >= 4 is 0 Å². The van der Waals surface area contributed by atoms with Crippen molar-refractivity contribution in [3.8, 4) is 5.75 Å². The molecule has 1 aromatic carbocycles. The van der Waals surface area contributed by atoms with E-state index in [1.807, 2.05) is 36.5 Å². The van der Waals surface area contributed by atoms with Gasteiger partial charge in [0.15, 0.2) is 0 Å². The fourth-order valence-electron chi connectivity index (χ4n) is 2.59. The van der Waals surface area contributed by atoms with E-state index in [1.54, 1.807) is 6.92 Å². The Bertz CT molecular complexity index is 545. The fourth-order valence-corrected chi connectivity index (χ4v) is 2.59. The van der Waals surface area contributed by atoms with Gasteiger partial charge in [-0.1, -0.05) is 18.2 Å². The van der Waals surface area contributed by atoms with E-state index in [2.05, 4.69) is 10.6 Å². The zero-order chi connectivity index (χ0) is 12.5. The maximum absolute atomic E-state index is 9.71. The maximum atomic E-state index is 9.71. The minimum absolute atomic E-state index is 0.367. The van der Waals surface area contributed by atoms with Crippen molar-refractivity contribution in [3.05, 3.63) is 53.9 Å². The Morgan fingerprint density at radius 2 is 2.17 bits per heavy atom. The molecule has 2 aromatic rings. The van der Waals surface area contributed by atoms with Crippen LogP contribution in [-0.2, 0) is 6.54 Å². The molecular weight excluding hydrogens is 226 g/mol. The molecule has 18 heavy (non-hydrogen) atoms. The van der Waals surface area contributed by atoms with Crippen LogP contribution in [0.25, 0.3) is 0 Å². The average Bonchev–Trinajstić information content (AvgIpc) is 2.97. The van der Waals surface area contributed by atoms with Gasteiger partial charge in [-0.15, -0.1) is 0 Å². The fraction of sp³-hybridized carbons (Fsp3) is 0.333. The number of rotatable bonds is 3. The van der Waals surface area contributed by atoms with Gasteiger partial charge in [0, 0.05) is 29.9 Å². The van der Waals surface area contributed by atoms with Crippen LogP contribution in [0.2, 0.25) is 0 Å². The highest BCUT2D eigenvalue weighted by Gasteiger charge is 2.24. The molecule has 1 aromatic heterocycles. The molecule has 3 rings (SSSR count). The lowest BCUT2D eigenvalue weighted by Gasteiger charge is -2.15. The van der Waals surface area contributed by atoms with Gasteiger partial charge in [0.1, 0.15) is 5.75 Å². The molecule has 0 saturated carbocycles. The second kappa shape index (κ2) is 4.50. The number of nitrogens with zero attached hydrogens (tertiary/aromatic N) is 1. The van der Waals surface area contributed by atoms with Gasteiger partial charge >= 0.3 is 0 Å². The van der Waals surface area contributed by atoms with E-state index in [-0.39, 0.29) is 0 Å². The van der Waals surface area contributed by atoms with Crippen molar-refractivity contribution in [2.24, 2.45) is 0 Å². The average molecular weight is 243 g/mol. The van der Waals surface area contributed by atoms with Crippen LogP contribution >= 0.6 is 0 Å². The van der Waals surface area contributed by atoms with Gasteiger partial charge < -0.3 is 14.4 Å². The number of hydrogen-bond donors (Lipinski definition) is 1. The van der Waals surface area contributed by atoms with Crippen molar-refractivity contribution in [3.63, 3.8) is 0 Å². The van der Waals surface area contributed by atoms with E-state index < -0.39 is 6.10 Å². The van der Waals surface area contributed by atoms with Crippen LogP contribution in [0.5, 0.6) is 5.75 Å². The first-order valence-electron chi connectivity index (χ1n) is 6.30. The lowest BCUT2D eigenvalue weighted by Crippen LogP contribution is -2.13. The molecule has 0 spiro atoms. The molecule has 2 heterocycles. The van der Waals surface area contributed by atoms with Crippen molar-refractivity contribution in [2.45, 2.75) is 25.5 Å². The molecular formula is C15H17NO2. The van der Waals surface area contributed by atoms with E-state index in [4.69, 9.17) is 4.74 Å². The first-order chi connectivity index (χ1) is 8.75. The number of ether oxygens (including phenoxy) is 1. The Hall–Kier alpha value is -1.74. The molecule has 0 fully saturated rings. The van der Waals surface area contributed by atoms with E-state index >= 15 is 0 Å². The van der Waals surface area contributed by atoms with Crippen LogP contribution in [0.3, 0.4) is 0 Å². The van der Waals surface area contributed by atoms with Gasteiger partial charge in [0.2, 0.25) is 0 Å². The van der Waals surface area contributed by atoms with Crippen LogP contribution in [0.15, 0.2) is 42.6 Å². The second-order valence-electron chi connectivity index (χ2n) is 4.81. The molecule has 2 unspecified atom stereocenters. The third-order valence-electron chi connectivity index (χ3n) is 3.51. The molecule has 0 aliphatic carbocycles. The summed E-state index contributed by atoms with van der Waals surface area (Å²) in [5, 5.41) is 9.71. The molecule has 1 N–H and O–H groups in total. The largest absolute Gasteiger partial charge is 0.493 e. The Balaban J connectivity index is 1.84. The minimum atomic E-state index is -0.433. The van der Waals surface area contributed by atoms with Gasteiger partial charge in [-0.25, -0.2) is 0 Å². The second-order valence-corrected chi connectivity index (χ2v) is 4.81. The topological polar surface area (TPSA) is 34.4 Å². The quantitative estimate of drug-likeness (QED) is 0.899. The zero-order valence-corrected chi connectivity index (χ0v) is 10.4. The summed E-state index contributed by atoms with van der Waals surface area (Å²) < 4.78 is 7.80. The molecule has 3 heteroatoms. The predicted octanol–water partition coefficient (Wildman–Crippen LogP) is 2.72. The van der Waals surface area contributed by atoms with Crippen LogP contribution in [-0.4, -0.2) is 16.3 Å². The van der Waals surface area contributed by atoms with E-state index in [0.717, 1.165) is 24.6 Å². The summed E-state index contributed by atoms with van der Waals surface area (Å²) in [6, 6.07) is 12.1. The molecule has 94 valence electrons. The number of aliphatic hydroxyl groups excluding tert-OH is 1. The Morgan fingerprint density at radius 1 is 1.33 bits per heavy atom. The smallest absolute Gasteiger partial charge is 0.122 e. The Kier molecular flexibility index (Phi) is 2.84. The SMILES string of the molecule is CC(O)c1cccn1CC1COc2ccccc21. The third kappa shape index (κ3) is 1.91. The minimum Gasteiger partial charge on any atom is -0.493 e. The molecule has 3 nitrogen and oxygen atoms in total. The lowest BCUT2D eigenvalue weighted by molar-refractivity contribution is 0.187. The molecule has 1 aliphatic heterocycles. The van der Waals surface area contributed by atoms with Crippen LogP contribution in [0.1, 0.15) is 30.2 Å². The van der Waals surface area contributed by atoms with Crippen molar-refractivity contribution < 1.29 is 9.84 Å². The van der Waals surface area contributed by atoms with E-state index in [9.17, 15) is 5.11 Å². The van der Waals surface area contributed by atoms with Gasteiger partial charge in [-0.05, 0) is 25.1 Å². The summed E-state index contributed by atoms with van der Waals surface area (Å²) >= 11 is 0.